The number of hydrogen-bond donors (Lipinski definition) is 1. The lowest BCUT2D eigenvalue weighted by molar-refractivity contribution is -0.121. The predicted molar refractivity (Wildman–Crippen MR) is 103 cm³/mol. The van der Waals surface area contributed by atoms with E-state index in [9.17, 15) is 9.90 Å². The molecule has 1 aromatic carbocycles. The number of benzene rings is 1. The second-order valence-electron chi connectivity index (χ2n) is 5.41. The minimum Gasteiger partial charge on any atom is -0.502 e. The number of thioether (sulfide) groups is 1. The zero-order valence-electron chi connectivity index (χ0n) is 14.6. The molecule has 0 unspecified atom stereocenters. The molecule has 9 heteroatoms. The van der Waals surface area contributed by atoms with Crippen molar-refractivity contribution in [2.24, 2.45) is 4.99 Å². The minimum absolute atomic E-state index is 0.0824. The molecule has 0 radical (unpaired) electrons. The third-order valence-electron chi connectivity index (χ3n) is 3.60. The number of carbonyl (C=O) groups excluding carboxylic acids is 1. The minimum atomic E-state index is -0.159. The summed E-state index contributed by atoms with van der Waals surface area (Å²) < 4.78 is 10.3. The number of amides is 1. The Bertz CT molecular complexity index is 895. The standard InChI is InChI=1S/C17H17N3O4S2/c1-9-8-25-16(18-9)19-17-20(2)15(22)13(26-17)7-10-5-11(23-3)14(21)12(6-10)24-4/h5-8,21H,1-4H3/b13-7-,19-17+. The van der Waals surface area contributed by atoms with Crippen LogP contribution in [0.25, 0.3) is 6.08 Å². The molecule has 26 heavy (non-hydrogen) atoms. The van der Waals surface area contributed by atoms with Crippen molar-refractivity contribution in [3.8, 4) is 17.2 Å². The second-order valence-corrected chi connectivity index (χ2v) is 7.26. The Hall–Kier alpha value is -2.52. The van der Waals surface area contributed by atoms with Crippen LogP contribution in [0, 0.1) is 6.92 Å². The van der Waals surface area contributed by atoms with Crippen LogP contribution >= 0.6 is 23.1 Å². The van der Waals surface area contributed by atoms with Gasteiger partial charge in [0.1, 0.15) is 0 Å². The monoisotopic (exact) mass is 391 g/mol. The third kappa shape index (κ3) is 3.54. The Morgan fingerprint density at radius 2 is 1.92 bits per heavy atom. The summed E-state index contributed by atoms with van der Waals surface area (Å²) in [5.74, 6) is 0.299. The maximum absolute atomic E-state index is 12.5. The van der Waals surface area contributed by atoms with Crippen molar-refractivity contribution < 1.29 is 19.4 Å². The van der Waals surface area contributed by atoms with E-state index in [1.807, 2.05) is 12.3 Å². The number of phenols is 1. The molecule has 0 atom stereocenters. The van der Waals surface area contributed by atoms with Gasteiger partial charge < -0.3 is 14.6 Å². The van der Waals surface area contributed by atoms with Gasteiger partial charge in [0.05, 0.1) is 24.8 Å². The molecule has 1 aliphatic rings. The number of rotatable bonds is 4. The van der Waals surface area contributed by atoms with Crippen LogP contribution < -0.4 is 9.47 Å². The summed E-state index contributed by atoms with van der Waals surface area (Å²) in [5.41, 5.74) is 1.57. The number of aromatic nitrogens is 1. The molecule has 1 amide bonds. The molecule has 1 N–H and O–H groups in total. The first-order chi connectivity index (χ1) is 12.4. The van der Waals surface area contributed by atoms with E-state index in [1.165, 1.54) is 42.2 Å². The number of amidine groups is 1. The number of ether oxygens (including phenoxy) is 2. The van der Waals surface area contributed by atoms with Crippen LogP contribution in [0.15, 0.2) is 27.4 Å². The van der Waals surface area contributed by atoms with Crippen LogP contribution in [0.4, 0.5) is 5.13 Å². The molecule has 0 aliphatic carbocycles. The normalized spacial score (nSPS) is 17.4. The van der Waals surface area contributed by atoms with Crippen molar-refractivity contribution in [1.82, 2.24) is 9.88 Å². The Morgan fingerprint density at radius 3 is 2.46 bits per heavy atom. The highest BCUT2D eigenvalue weighted by atomic mass is 32.2. The van der Waals surface area contributed by atoms with Crippen molar-refractivity contribution in [2.75, 3.05) is 21.3 Å². The van der Waals surface area contributed by atoms with Gasteiger partial charge >= 0.3 is 0 Å². The molecule has 0 saturated carbocycles. The fourth-order valence-electron chi connectivity index (χ4n) is 2.27. The number of aryl methyl sites for hydroxylation is 1. The van der Waals surface area contributed by atoms with Gasteiger partial charge in [0.2, 0.25) is 10.9 Å². The first kappa shape index (κ1) is 18.3. The Balaban J connectivity index is 1.94. The number of aromatic hydroxyl groups is 1. The number of carbonyl (C=O) groups is 1. The molecule has 0 bridgehead atoms. The zero-order valence-corrected chi connectivity index (χ0v) is 16.3. The predicted octanol–water partition coefficient (Wildman–Crippen LogP) is 3.41. The molecule has 2 aromatic rings. The number of nitrogens with zero attached hydrogens (tertiary/aromatic N) is 3. The number of phenolic OH excluding ortho intramolecular Hbond substituents is 1. The quantitative estimate of drug-likeness (QED) is 0.804. The highest BCUT2D eigenvalue weighted by Crippen LogP contribution is 2.39. The molecule has 136 valence electrons. The molecule has 1 aliphatic heterocycles. The largest absolute Gasteiger partial charge is 0.502 e. The van der Waals surface area contributed by atoms with Gasteiger partial charge in [-0.05, 0) is 42.5 Å². The van der Waals surface area contributed by atoms with Gasteiger partial charge in [0.25, 0.3) is 5.91 Å². The Morgan fingerprint density at radius 1 is 1.27 bits per heavy atom. The maximum atomic E-state index is 12.5. The first-order valence-electron chi connectivity index (χ1n) is 7.56. The van der Waals surface area contributed by atoms with Gasteiger partial charge in [-0.1, -0.05) is 0 Å². The van der Waals surface area contributed by atoms with Crippen LogP contribution in [-0.2, 0) is 4.79 Å². The van der Waals surface area contributed by atoms with Crippen LogP contribution in [0.3, 0.4) is 0 Å². The number of likely N-dealkylation sites (N-methyl/N-ethyl adjacent to an activating group) is 1. The Labute approximate surface area is 159 Å². The van der Waals surface area contributed by atoms with Gasteiger partial charge in [0.15, 0.2) is 16.7 Å². The number of methoxy groups -OCH3 is 2. The van der Waals surface area contributed by atoms with Crippen LogP contribution in [0.1, 0.15) is 11.3 Å². The van der Waals surface area contributed by atoms with E-state index in [2.05, 4.69) is 9.98 Å². The van der Waals surface area contributed by atoms with Gasteiger partial charge in [-0.3, -0.25) is 9.69 Å². The van der Waals surface area contributed by atoms with E-state index < -0.39 is 0 Å². The lowest BCUT2D eigenvalue weighted by Gasteiger charge is -2.09. The van der Waals surface area contributed by atoms with Gasteiger partial charge in [-0.2, -0.15) is 4.99 Å². The zero-order chi connectivity index (χ0) is 18.8. The molecule has 1 fully saturated rings. The summed E-state index contributed by atoms with van der Waals surface area (Å²) in [5, 5.41) is 13.1. The Kier molecular flexibility index (Phi) is 5.19. The van der Waals surface area contributed by atoms with Crippen molar-refractivity contribution in [1.29, 1.82) is 0 Å². The summed E-state index contributed by atoms with van der Waals surface area (Å²) in [7, 11) is 4.58. The van der Waals surface area contributed by atoms with Gasteiger partial charge in [-0.25, -0.2) is 4.98 Å². The summed E-state index contributed by atoms with van der Waals surface area (Å²) in [6.45, 7) is 1.90. The molecular formula is C17H17N3O4S2. The maximum Gasteiger partial charge on any atom is 0.266 e. The van der Waals surface area contributed by atoms with E-state index >= 15 is 0 Å². The molecule has 2 heterocycles. The average Bonchev–Trinajstić information content (AvgIpc) is 3.15. The molecule has 7 nitrogen and oxygen atoms in total. The number of thiazole rings is 1. The summed E-state index contributed by atoms with van der Waals surface area (Å²) in [6, 6.07) is 3.27. The lowest BCUT2D eigenvalue weighted by Crippen LogP contribution is -2.23. The number of aliphatic imine (C=N–C) groups is 1. The summed E-state index contributed by atoms with van der Waals surface area (Å²) in [6.07, 6.45) is 1.71. The molecule has 1 aromatic heterocycles. The highest BCUT2D eigenvalue weighted by molar-refractivity contribution is 8.18. The smallest absolute Gasteiger partial charge is 0.266 e. The van der Waals surface area contributed by atoms with Crippen LogP contribution in [0.5, 0.6) is 17.2 Å². The molecule has 3 rings (SSSR count). The van der Waals surface area contributed by atoms with Crippen molar-refractivity contribution in [3.05, 3.63) is 33.7 Å². The van der Waals surface area contributed by atoms with Gasteiger partial charge in [-0.15, -0.1) is 11.3 Å². The first-order valence-corrected chi connectivity index (χ1v) is 9.26. The third-order valence-corrected chi connectivity index (χ3v) is 5.51. The van der Waals surface area contributed by atoms with Crippen LogP contribution in [0.2, 0.25) is 0 Å². The summed E-state index contributed by atoms with van der Waals surface area (Å²) >= 11 is 2.69. The SMILES string of the molecule is COc1cc(/C=C2\S/C(=N/c3nc(C)cs3)N(C)C2=O)cc(OC)c1O. The topological polar surface area (TPSA) is 84.3 Å². The number of hydrogen-bond acceptors (Lipinski definition) is 8. The van der Waals surface area contributed by atoms with E-state index in [4.69, 9.17) is 9.47 Å². The van der Waals surface area contributed by atoms with Crippen molar-refractivity contribution in [3.63, 3.8) is 0 Å². The van der Waals surface area contributed by atoms with Gasteiger partial charge in [0, 0.05) is 12.4 Å². The molecule has 1 saturated heterocycles. The highest BCUT2D eigenvalue weighted by Gasteiger charge is 2.30. The molecular weight excluding hydrogens is 374 g/mol. The van der Waals surface area contributed by atoms with E-state index in [-0.39, 0.29) is 23.2 Å². The fraction of sp³-hybridized carbons (Fsp3) is 0.235. The van der Waals surface area contributed by atoms with Crippen LogP contribution in [-0.4, -0.2) is 47.3 Å². The van der Waals surface area contributed by atoms with E-state index in [0.717, 1.165) is 5.69 Å². The molecule has 0 spiro atoms. The van der Waals surface area contributed by atoms with Crippen molar-refractivity contribution >= 4 is 45.4 Å². The van der Waals surface area contributed by atoms with E-state index in [0.29, 0.717) is 20.8 Å². The summed E-state index contributed by atoms with van der Waals surface area (Å²) in [4.78, 5) is 23.3. The van der Waals surface area contributed by atoms with E-state index in [1.54, 1.807) is 25.3 Å². The fourth-order valence-corrected chi connectivity index (χ4v) is 3.97. The van der Waals surface area contributed by atoms with Crippen molar-refractivity contribution in [2.45, 2.75) is 6.92 Å². The average molecular weight is 391 g/mol. The lowest BCUT2D eigenvalue weighted by atomic mass is 10.1. The second kappa shape index (κ2) is 7.38.